The van der Waals surface area contributed by atoms with Crippen molar-refractivity contribution in [2.45, 2.75) is 42.7 Å². The molecular weight excluding hydrogens is 306 g/mol. The predicted octanol–water partition coefficient (Wildman–Crippen LogP) is 1.25. The van der Waals surface area contributed by atoms with Crippen molar-refractivity contribution in [3.63, 3.8) is 0 Å². The van der Waals surface area contributed by atoms with Crippen LogP contribution in [0.25, 0.3) is 0 Å². The topological polar surface area (TPSA) is 83.9 Å². The number of sulfonamides is 1. The van der Waals surface area contributed by atoms with Gasteiger partial charge in [-0.2, -0.15) is 4.31 Å². The first kappa shape index (κ1) is 14.0. The molecular formula is C15H17NO5S. The highest BCUT2D eigenvalue weighted by Gasteiger charge is 2.54. The minimum Gasteiger partial charge on any atom is -0.493 e. The lowest BCUT2D eigenvalue weighted by Gasteiger charge is -2.22. The molecule has 1 aromatic rings. The number of carboxylic acid groups (broad SMARTS) is 1. The first-order valence-corrected chi connectivity index (χ1v) is 8.94. The molecule has 118 valence electrons. The van der Waals surface area contributed by atoms with Crippen molar-refractivity contribution in [2.24, 2.45) is 5.92 Å². The number of aliphatic carboxylic acids is 1. The molecule has 1 N–H and O–H groups in total. The standard InChI is InChI=1S/C15H17NO5S/c17-15(18)12-8-10-1-3-13(12)16(10)22(19,20)11-2-4-14-9(7-11)5-6-21-14/h2,4,7,10,12-13H,1,3,5-6,8H2,(H,17,18). The van der Waals surface area contributed by atoms with Gasteiger partial charge in [0.15, 0.2) is 0 Å². The van der Waals surface area contributed by atoms with E-state index in [-0.39, 0.29) is 10.9 Å². The minimum absolute atomic E-state index is 0.180. The summed E-state index contributed by atoms with van der Waals surface area (Å²) >= 11 is 0. The second kappa shape index (κ2) is 4.70. The first-order valence-electron chi connectivity index (χ1n) is 7.50. The number of fused-ring (bicyclic) bond motifs is 3. The fraction of sp³-hybridized carbons (Fsp3) is 0.533. The Hall–Kier alpha value is -1.60. The summed E-state index contributed by atoms with van der Waals surface area (Å²) in [6.45, 7) is 0.578. The van der Waals surface area contributed by atoms with Crippen LogP contribution in [0.5, 0.6) is 5.75 Å². The van der Waals surface area contributed by atoms with Crippen LogP contribution in [0.1, 0.15) is 24.8 Å². The maximum absolute atomic E-state index is 13.0. The van der Waals surface area contributed by atoms with Crippen LogP contribution in [-0.2, 0) is 21.2 Å². The molecule has 7 heteroatoms. The second-order valence-electron chi connectivity index (χ2n) is 6.18. The van der Waals surface area contributed by atoms with Gasteiger partial charge >= 0.3 is 5.97 Å². The molecule has 0 saturated carbocycles. The Morgan fingerprint density at radius 2 is 2.14 bits per heavy atom. The zero-order chi connectivity index (χ0) is 15.5. The largest absolute Gasteiger partial charge is 0.493 e. The Morgan fingerprint density at radius 1 is 1.32 bits per heavy atom. The van der Waals surface area contributed by atoms with Crippen molar-refractivity contribution >= 4 is 16.0 Å². The van der Waals surface area contributed by atoms with Gasteiger partial charge in [-0.05, 0) is 43.0 Å². The fourth-order valence-corrected chi connectivity index (χ4v) is 5.99. The predicted molar refractivity (Wildman–Crippen MR) is 77.2 cm³/mol. The molecule has 0 aliphatic carbocycles. The minimum atomic E-state index is -3.65. The molecule has 3 aliphatic rings. The van der Waals surface area contributed by atoms with Crippen LogP contribution in [0.3, 0.4) is 0 Å². The molecule has 22 heavy (non-hydrogen) atoms. The van der Waals surface area contributed by atoms with E-state index >= 15 is 0 Å². The van der Waals surface area contributed by atoms with Gasteiger partial charge in [0, 0.05) is 18.5 Å². The number of benzene rings is 1. The van der Waals surface area contributed by atoms with E-state index in [0.29, 0.717) is 25.9 Å². The van der Waals surface area contributed by atoms with Crippen molar-refractivity contribution in [3.05, 3.63) is 23.8 Å². The Bertz CT molecular complexity index is 744. The molecule has 3 heterocycles. The van der Waals surface area contributed by atoms with Crippen molar-refractivity contribution in [2.75, 3.05) is 6.61 Å². The molecule has 0 amide bonds. The van der Waals surface area contributed by atoms with Crippen LogP contribution in [0.4, 0.5) is 0 Å². The lowest BCUT2D eigenvalue weighted by molar-refractivity contribution is -0.142. The monoisotopic (exact) mass is 323 g/mol. The molecule has 3 aliphatic heterocycles. The van der Waals surface area contributed by atoms with Gasteiger partial charge in [-0.3, -0.25) is 4.79 Å². The molecule has 2 bridgehead atoms. The smallest absolute Gasteiger partial charge is 0.308 e. The summed E-state index contributed by atoms with van der Waals surface area (Å²) in [7, 11) is -3.65. The molecule has 2 fully saturated rings. The van der Waals surface area contributed by atoms with E-state index in [0.717, 1.165) is 17.7 Å². The molecule has 0 radical (unpaired) electrons. The van der Waals surface area contributed by atoms with E-state index < -0.39 is 28.0 Å². The molecule has 0 aromatic heterocycles. The maximum Gasteiger partial charge on any atom is 0.308 e. The Morgan fingerprint density at radius 3 is 2.86 bits per heavy atom. The van der Waals surface area contributed by atoms with Gasteiger partial charge in [-0.15, -0.1) is 0 Å². The summed E-state index contributed by atoms with van der Waals surface area (Å²) in [5.74, 6) is -0.729. The number of ether oxygens (including phenoxy) is 1. The normalized spacial score (nSPS) is 30.3. The Balaban J connectivity index is 1.71. The lowest BCUT2D eigenvalue weighted by Crippen LogP contribution is -2.37. The molecule has 3 atom stereocenters. The van der Waals surface area contributed by atoms with Gasteiger partial charge in [0.2, 0.25) is 10.0 Å². The van der Waals surface area contributed by atoms with Gasteiger partial charge in [-0.1, -0.05) is 0 Å². The van der Waals surface area contributed by atoms with Crippen LogP contribution in [-0.4, -0.2) is 42.5 Å². The van der Waals surface area contributed by atoms with Crippen LogP contribution in [0, 0.1) is 5.92 Å². The van der Waals surface area contributed by atoms with Crippen molar-refractivity contribution in [1.29, 1.82) is 0 Å². The van der Waals surface area contributed by atoms with Crippen molar-refractivity contribution in [1.82, 2.24) is 4.31 Å². The van der Waals surface area contributed by atoms with Gasteiger partial charge in [0.1, 0.15) is 5.75 Å². The number of carboxylic acids is 1. The van der Waals surface area contributed by atoms with Gasteiger partial charge in [0.05, 0.1) is 17.4 Å². The maximum atomic E-state index is 13.0. The first-order chi connectivity index (χ1) is 10.5. The summed E-state index contributed by atoms with van der Waals surface area (Å²) in [6, 6.07) is 4.35. The van der Waals surface area contributed by atoms with Crippen molar-refractivity contribution < 1.29 is 23.1 Å². The van der Waals surface area contributed by atoms with Crippen LogP contribution in [0.2, 0.25) is 0 Å². The van der Waals surface area contributed by atoms with Crippen molar-refractivity contribution in [3.8, 4) is 5.75 Å². The summed E-state index contributed by atoms with van der Waals surface area (Å²) < 4.78 is 32.8. The number of hydrogen-bond acceptors (Lipinski definition) is 4. The van der Waals surface area contributed by atoms with Crippen LogP contribution >= 0.6 is 0 Å². The number of carbonyl (C=O) groups is 1. The Labute approximate surface area is 128 Å². The van der Waals surface area contributed by atoms with E-state index in [2.05, 4.69) is 0 Å². The highest BCUT2D eigenvalue weighted by Crippen LogP contribution is 2.45. The van der Waals surface area contributed by atoms with Gasteiger partial charge in [0.25, 0.3) is 0 Å². The van der Waals surface area contributed by atoms with E-state index in [4.69, 9.17) is 4.74 Å². The van der Waals surface area contributed by atoms with E-state index in [1.54, 1.807) is 18.2 Å². The van der Waals surface area contributed by atoms with E-state index in [1.165, 1.54) is 4.31 Å². The highest BCUT2D eigenvalue weighted by atomic mass is 32.2. The number of nitrogens with zero attached hydrogens (tertiary/aromatic N) is 1. The summed E-state index contributed by atoms with van der Waals surface area (Å²) in [6.07, 6.45) is 2.52. The summed E-state index contributed by atoms with van der Waals surface area (Å²) in [4.78, 5) is 11.6. The van der Waals surface area contributed by atoms with Gasteiger partial charge < -0.3 is 9.84 Å². The zero-order valence-corrected chi connectivity index (χ0v) is 12.8. The number of rotatable bonds is 3. The molecule has 1 aromatic carbocycles. The Kier molecular flexibility index (Phi) is 2.99. The highest BCUT2D eigenvalue weighted by molar-refractivity contribution is 7.89. The van der Waals surface area contributed by atoms with Gasteiger partial charge in [-0.25, -0.2) is 8.42 Å². The molecule has 6 nitrogen and oxygen atoms in total. The third-order valence-electron chi connectivity index (χ3n) is 5.03. The molecule has 0 spiro atoms. The SMILES string of the molecule is O=C(O)C1CC2CCC1N2S(=O)(=O)c1ccc2c(c1)CCO2. The van der Waals surface area contributed by atoms with Crippen LogP contribution < -0.4 is 4.74 Å². The summed E-state index contributed by atoms with van der Waals surface area (Å²) in [5, 5.41) is 9.28. The quantitative estimate of drug-likeness (QED) is 0.905. The zero-order valence-electron chi connectivity index (χ0n) is 11.9. The average Bonchev–Trinajstić information content (AvgIpc) is 3.19. The third kappa shape index (κ3) is 1.88. The lowest BCUT2D eigenvalue weighted by atomic mass is 9.89. The molecule has 2 saturated heterocycles. The van der Waals surface area contributed by atoms with E-state index in [1.807, 2.05) is 0 Å². The van der Waals surface area contributed by atoms with E-state index in [9.17, 15) is 18.3 Å². The molecule has 4 rings (SSSR count). The number of hydrogen-bond donors (Lipinski definition) is 1. The third-order valence-corrected chi connectivity index (χ3v) is 7.00. The second-order valence-corrected chi connectivity index (χ2v) is 8.03. The molecule has 3 unspecified atom stereocenters. The fourth-order valence-electron chi connectivity index (χ4n) is 4.02. The van der Waals surface area contributed by atoms with Crippen LogP contribution in [0.15, 0.2) is 23.1 Å². The summed E-state index contributed by atoms with van der Waals surface area (Å²) in [5.41, 5.74) is 0.905. The average molecular weight is 323 g/mol.